The molecule has 21 heavy (non-hydrogen) atoms. The minimum Gasteiger partial charge on any atom is -0.395 e. The Balaban J connectivity index is 2.32. The van der Waals surface area contributed by atoms with Gasteiger partial charge in [-0.1, -0.05) is 30.3 Å². The lowest BCUT2D eigenvalue weighted by Gasteiger charge is -2.20. The zero-order chi connectivity index (χ0) is 15.5. The number of sulfonamides is 1. The summed E-state index contributed by atoms with van der Waals surface area (Å²) in [6.07, 6.45) is 0. The van der Waals surface area contributed by atoms with E-state index in [0.29, 0.717) is 4.47 Å². The molecule has 0 unspecified atom stereocenters. The second kappa shape index (κ2) is 7.34. The van der Waals surface area contributed by atoms with E-state index in [4.69, 9.17) is 5.11 Å². The second-order valence-electron chi connectivity index (χ2n) is 4.23. The van der Waals surface area contributed by atoms with E-state index < -0.39 is 10.0 Å². The maximum absolute atomic E-state index is 12.7. The molecule has 0 amide bonds. The van der Waals surface area contributed by atoms with Gasteiger partial charge in [0.15, 0.2) is 0 Å². The predicted octanol–water partition coefficient (Wildman–Crippen LogP) is 3.46. The first-order valence-corrected chi connectivity index (χ1v) is 9.89. The van der Waals surface area contributed by atoms with Crippen molar-refractivity contribution in [2.45, 2.75) is 10.8 Å². The Morgan fingerprint density at radius 2 is 1.86 bits per heavy atom. The molecule has 1 aromatic heterocycles. The number of benzene rings is 1. The highest BCUT2D eigenvalue weighted by molar-refractivity contribution is 9.13. The van der Waals surface area contributed by atoms with Crippen molar-refractivity contribution in [2.75, 3.05) is 13.2 Å². The molecule has 0 spiro atoms. The zero-order valence-electron chi connectivity index (χ0n) is 10.9. The molecule has 2 aromatic rings. The van der Waals surface area contributed by atoms with Gasteiger partial charge in [-0.05, 0) is 43.5 Å². The van der Waals surface area contributed by atoms with Crippen molar-refractivity contribution in [3.05, 3.63) is 50.2 Å². The van der Waals surface area contributed by atoms with Gasteiger partial charge in [0.25, 0.3) is 10.0 Å². The number of halogens is 2. The van der Waals surface area contributed by atoms with Gasteiger partial charge in [-0.2, -0.15) is 4.31 Å². The molecule has 0 atom stereocenters. The topological polar surface area (TPSA) is 57.6 Å². The van der Waals surface area contributed by atoms with Gasteiger partial charge in [-0.25, -0.2) is 8.42 Å². The summed E-state index contributed by atoms with van der Waals surface area (Å²) < 4.78 is 28.3. The van der Waals surface area contributed by atoms with E-state index in [0.717, 1.165) is 20.7 Å². The first-order chi connectivity index (χ1) is 9.95. The van der Waals surface area contributed by atoms with E-state index in [1.807, 2.05) is 30.3 Å². The summed E-state index contributed by atoms with van der Waals surface area (Å²) >= 11 is 7.74. The highest BCUT2D eigenvalue weighted by Gasteiger charge is 2.27. The number of hydrogen-bond donors (Lipinski definition) is 1. The second-order valence-corrected chi connectivity index (χ2v) is 9.62. The van der Waals surface area contributed by atoms with Gasteiger partial charge in [-0.3, -0.25) is 0 Å². The van der Waals surface area contributed by atoms with Gasteiger partial charge in [0.05, 0.1) is 10.4 Å². The molecule has 8 heteroatoms. The standard InChI is InChI=1S/C13H13Br2NO3S2/c14-11-8-12(20-13(11)15)21(18,19)16(6-7-17)9-10-4-2-1-3-5-10/h1-5,8,17H,6-7,9H2. The third kappa shape index (κ3) is 4.14. The third-order valence-corrected chi connectivity index (χ3v) is 8.32. The first-order valence-electron chi connectivity index (χ1n) is 6.05. The van der Waals surface area contributed by atoms with E-state index >= 15 is 0 Å². The van der Waals surface area contributed by atoms with Crippen LogP contribution in [0.1, 0.15) is 5.56 Å². The quantitative estimate of drug-likeness (QED) is 0.727. The Bertz CT molecular complexity index is 682. The summed E-state index contributed by atoms with van der Waals surface area (Å²) in [6, 6.07) is 10.9. The molecule has 0 saturated heterocycles. The molecule has 0 fully saturated rings. The molecule has 114 valence electrons. The molecular formula is C13H13Br2NO3S2. The van der Waals surface area contributed by atoms with Crippen molar-refractivity contribution >= 4 is 53.2 Å². The molecule has 0 aliphatic carbocycles. The third-order valence-electron chi connectivity index (χ3n) is 2.77. The first kappa shape index (κ1) is 17.1. The summed E-state index contributed by atoms with van der Waals surface area (Å²) in [5, 5.41) is 9.16. The lowest BCUT2D eigenvalue weighted by molar-refractivity contribution is 0.251. The van der Waals surface area contributed by atoms with Crippen molar-refractivity contribution in [1.82, 2.24) is 4.31 Å². The van der Waals surface area contributed by atoms with Crippen molar-refractivity contribution in [3.8, 4) is 0 Å². The molecule has 4 nitrogen and oxygen atoms in total. The van der Waals surface area contributed by atoms with Gasteiger partial charge >= 0.3 is 0 Å². The van der Waals surface area contributed by atoms with Crippen LogP contribution < -0.4 is 0 Å². The predicted molar refractivity (Wildman–Crippen MR) is 90.8 cm³/mol. The molecule has 0 radical (unpaired) electrons. The molecule has 0 saturated carbocycles. The van der Waals surface area contributed by atoms with Crippen LogP contribution in [-0.4, -0.2) is 31.0 Å². The van der Waals surface area contributed by atoms with E-state index in [2.05, 4.69) is 31.9 Å². The van der Waals surface area contributed by atoms with E-state index in [9.17, 15) is 8.42 Å². The van der Waals surface area contributed by atoms with Crippen molar-refractivity contribution in [1.29, 1.82) is 0 Å². The zero-order valence-corrected chi connectivity index (χ0v) is 15.7. The maximum atomic E-state index is 12.7. The van der Waals surface area contributed by atoms with Crippen molar-refractivity contribution in [3.63, 3.8) is 0 Å². The van der Waals surface area contributed by atoms with Crippen LogP contribution in [0.3, 0.4) is 0 Å². The van der Waals surface area contributed by atoms with Crippen LogP contribution in [0.2, 0.25) is 0 Å². The molecular weight excluding hydrogens is 442 g/mol. The minimum atomic E-state index is -3.63. The highest BCUT2D eigenvalue weighted by Crippen LogP contribution is 2.36. The average Bonchev–Trinajstić information content (AvgIpc) is 2.80. The van der Waals surface area contributed by atoms with Gasteiger partial charge in [0, 0.05) is 17.6 Å². The lowest BCUT2D eigenvalue weighted by Crippen LogP contribution is -2.32. The maximum Gasteiger partial charge on any atom is 0.253 e. The van der Waals surface area contributed by atoms with Crippen molar-refractivity contribution < 1.29 is 13.5 Å². The van der Waals surface area contributed by atoms with E-state index in [1.54, 1.807) is 6.07 Å². The molecule has 1 aromatic carbocycles. The molecule has 0 bridgehead atoms. The molecule has 2 rings (SSSR count). The Morgan fingerprint density at radius 1 is 1.19 bits per heavy atom. The Labute approximate surface area is 144 Å². The Kier molecular flexibility index (Phi) is 5.98. The summed E-state index contributed by atoms with van der Waals surface area (Å²) in [5.41, 5.74) is 0.879. The van der Waals surface area contributed by atoms with Gasteiger partial charge in [0.1, 0.15) is 4.21 Å². The van der Waals surface area contributed by atoms with Crippen molar-refractivity contribution in [2.24, 2.45) is 0 Å². The van der Waals surface area contributed by atoms with Crippen LogP contribution in [0.25, 0.3) is 0 Å². The average molecular weight is 455 g/mol. The summed E-state index contributed by atoms with van der Waals surface area (Å²) in [6.45, 7) is 0.0705. The van der Waals surface area contributed by atoms with E-state index in [-0.39, 0.29) is 23.9 Å². The number of hydrogen-bond acceptors (Lipinski definition) is 4. The number of thiophene rings is 1. The monoisotopic (exact) mass is 453 g/mol. The fourth-order valence-corrected chi connectivity index (χ4v) is 6.16. The van der Waals surface area contributed by atoms with Crippen LogP contribution in [0.15, 0.2) is 48.9 Å². The van der Waals surface area contributed by atoms with Crippen LogP contribution in [0.5, 0.6) is 0 Å². The molecule has 0 aliphatic heterocycles. The largest absolute Gasteiger partial charge is 0.395 e. The summed E-state index contributed by atoms with van der Waals surface area (Å²) in [5.74, 6) is 0. The number of aliphatic hydroxyl groups excluding tert-OH is 1. The number of nitrogens with zero attached hydrogens (tertiary/aromatic N) is 1. The Morgan fingerprint density at radius 3 is 2.38 bits per heavy atom. The van der Waals surface area contributed by atoms with Crippen LogP contribution in [-0.2, 0) is 16.6 Å². The SMILES string of the molecule is O=S(=O)(c1cc(Br)c(Br)s1)N(CCO)Cc1ccccc1. The fourth-order valence-electron chi connectivity index (χ4n) is 1.76. The minimum absolute atomic E-state index is 0.0599. The van der Waals surface area contributed by atoms with Crippen LogP contribution in [0.4, 0.5) is 0 Å². The highest BCUT2D eigenvalue weighted by atomic mass is 79.9. The summed E-state index contributed by atoms with van der Waals surface area (Å²) in [7, 11) is -3.63. The molecule has 0 aliphatic rings. The normalized spacial score (nSPS) is 12.0. The lowest BCUT2D eigenvalue weighted by atomic mass is 10.2. The number of rotatable bonds is 6. The van der Waals surface area contributed by atoms with E-state index in [1.165, 1.54) is 4.31 Å². The fraction of sp³-hybridized carbons (Fsp3) is 0.231. The van der Waals surface area contributed by atoms with Gasteiger partial charge < -0.3 is 5.11 Å². The smallest absolute Gasteiger partial charge is 0.253 e. The van der Waals surface area contributed by atoms with Gasteiger partial charge in [-0.15, -0.1) is 11.3 Å². The molecule has 1 N–H and O–H groups in total. The van der Waals surface area contributed by atoms with Crippen LogP contribution in [0, 0.1) is 0 Å². The number of aliphatic hydroxyl groups is 1. The van der Waals surface area contributed by atoms with Crippen LogP contribution >= 0.6 is 43.2 Å². The summed E-state index contributed by atoms with van der Waals surface area (Å²) in [4.78, 5) is 0. The Hall–Kier alpha value is -0.250. The molecule has 1 heterocycles. The van der Waals surface area contributed by atoms with Gasteiger partial charge in [0.2, 0.25) is 0 Å².